The van der Waals surface area contributed by atoms with Crippen LogP contribution in [0.5, 0.6) is 5.88 Å². The third kappa shape index (κ3) is 4.72. The van der Waals surface area contributed by atoms with Gasteiger partial charge in [0.05, 0.1) is 18.9 Å². The molecule has 10 heteroatoms. The van der Waals surface area contributed by atoms with Crippen molar-refractivity contribution < 1.29 is 31.6 Å². The van der Waals surface area contributed by atoms with E-state index >= 15 is 0 Å². The van der Waals surface area contributed by atoms with Crippen molar-refractivity contribution in [1.82, 2.24) is 4.98 Å². The number of rotatable bonds is 5. The van der Waals surface area contributed by atoms with Crippen molar-refractivity contribution in [2.45, 2.75) is 12.5 Å². The number of aromatic nitrogens is 1. The van der Waals surface area contributed by atoms with Crippen LogP contribution in [0, 0.1) is 5.82 Å². The van der Waals surface area contributed by atoms with Crippen LogP contribution in [0.3, 0.4) is 0 Å². The number of hydrogen-bond donors (Lipinski definition) is 1. The first kappa shape index (κ1) is 19.1. The van der Waals surface area contributed by atoms with Crippen molar-refractivity contribution in [3.63, 3.8) is 0 Å². The predicted octanol–water partition coefficient (Wildman–Crippen LogP) is 2.03. The largest absolute Gasteiger partial charge is 0.474 e. The molecule has 0 aliphatic carbocycles. The standard InChI is InChI=1S/C17H17FN2O6S/c1-27(23,24)26-10-14-9-25-16-15(20(14)17(21)22)7-12(8-19-16)6-11-2-4-13(18)5-3-11/h2-5,7-8,14H,6,9-10H2,1H3,(H,21,22). The van der Waals surface area contributed by atoms with E-state index in [1.54, 1.807) is 24.4 Å². The first-order valence-electron chi connectivity index (χ1n) is 7.95. The predicted molar refractivity (Wildman–Crippen MR) is 94.0 cm³/mol. The number of carbonyl (C=O) groups is 1. The van der Waals surface area contributed by atoms with Crippen LogP contribution in [0.1, 0.15) is 11.1 Å². The molecule has 0 saturated heterocycles. The summed E-state index contributed by atoms with van der Waals surface area (Å²) < 4.78 is 45.6. The molecule has 27 heavy (non-hydrogen) atoms. The summed E-state index contributed by atoms with van der Waals surface area (Å²) in [5, 5.41) is 9.59. The maximum Gasteiger partial charge on any atom is 0.412 e. The van der Waals surface area contributed by atoms with E-state index < -0.39 is 22.3 Å². The summed E-state index contributed by atoms with van der Waals surface area (Å²) in [5.74, 6) is -0.211. The first-order valence-corrected chi connectivity index (χ1v) is 9.77. The monoisotopic (exact) mass is 396 g/mol. The molecule has 144 valence electrons. The number of amides is 1. The van der Waals surface area contributed by atoms with E-state index in [4.69, 9.17) is 8.92 Å². The summed E-state index contributed by atoms with van der Waals surface area (Å²) in [4.78, 5) is 16.9. The van der Waals surface area contributed by atoms with Gasteiger partial charge in [0, 0.05) is 6.20 Å². The zero-order valence-electron chi connectivity index (χ0n) is 14.3. The lowest BCUT2D eigenvalue weighted by Gasteiger charge is -2.34. The smallest absolute Gasteiger partial charge is 0.412 e. The molecule has 1 N–H and O–H groups in total. The second kappa shape index (κ2) is 7.49. The summed E-state index contributed by atoms with van der Waals surface area (Å²) >= 11 is 0. The van der Waals surface area contributed by atoms with Gasteiger partial charge in [-0.3, -0.25) is 9.08 Å². The van der Waals surface area contributed by atoms with Crippen LogP contribution in [0.2, 0.25) is 0 Å². The Morgan fingerprint density at radius 3 is 2.70 bits per heavy atom. The Kier molecular flexibility index (Phi) is 5.29. The summed E-state index contributed by atoms with van der Waals surface area (Å²) in [6, 6.07) is 6.70. The van der Waals surface area contributed by atoms with Crippen LogP contribution in [0.25, 0.3) is 0 Å². The van der Waals surface area contributed by atoms with E-state index in [2.05, 4.69) is 4.98 Å². The Hall–Kier alpha value is -2.72. The molecule has 0 bridgehead atoms. The quantitative estimate of drug-likeness (QED) is 0.771. The number of halogens is 1. The number of pyridine rings is 1. The Morgan fingerprint density at radius 2 is 2.07 bits per heavy atom. The van der Waals surface area contributed by atoms with E-state index in [1.165, 1.54) is 12.1 Å². The zero-order valence-corrected chi connectivity index (χ0v) is 15.1. The van der Waals surface area contributed by atoms with Gasteiger partial charge in [-0.05, 0) is 35.7 Å². The van der Waals surface area contributed by atoms with Crippen LogP contribution >= 0.6 is 0 Å². The Bertz CT molecular complexity index is 948. The van der Waals surface area contributed by atoms with E-state index in [-0.39, 0.29) is 30.6 Å². The van der Waals surface area contributed by atoms with Crippen molar-refractivity contribution in [3.8, 4) is 5.88 Å². The summed E-state index contributed by atoms with van der Waals surface area (Å²) in [6.45, 7) is -0.452. The number of hydrogen-bond acceptors (Lipinski definition) is 6. The highest BCUT2D eigenvalue weighted by atomic mass is 32.2. The molecule has 1 aromatic carbocycles. The molecular weight excluding hydrogens is 379 g/mol. The Balaban J connectivity index is 1.87. The molecule has 0 radical (unpaired) electrons. The average Bonchev–Trinajstić information content (AvgIpc) is 2.60. The highest BCUT2D eigenvalue weighted by Crippen LogP contribution is 2.33. The SMILES string of the molecule is CS(=O)(=O)OCC1COc2ncc(Cc3ccc(F)cc3)cc2N1C(=O)O. The number of carboxylic acid groups (broad SMARTS) is 1. The minimum atomic E-state index is -3.72. The van der Waals surface area contributed by atoms with Gasteiger partial charge in [-0.25, -0.2) is 14.2 Å². The van der Waals surface area contributed by atoms with Gasteiger partial charge in [0.2, 0.25) is 5.88 Å². The molecule has 0 fully saturated rings. The second-order valence-electron chi connectivity index (χ2n) is 6.08. The van der Waals surface area contributed by atoms with Crippen molar-refractivity contribution >= 4 is 21.9 Å². The summed E-state index contributed by atoms with van der Waals surface area (Å²) in [6.07, 6.45) is 1.58. The lowest BCUT2D eigenvalue weighted by Crippen LogP contribution is -2.49. The molecule has 3 rings (SSSR count). The average molecular weight is 396 g/mol. The lowest BCUT2D eigenvalue weighted by atomic mass is 10.1. The second-order valence-corrected chi connectivity index (χ2v) is 7.72. The van der Waals surface area contributed by atoms with Crippen molar-refractivity contribution in [1.29, 1.82) is 0 Å². The maximum atomic E-state index is 13.0. The molecule has 1 aliphatic heterocycles. The zero-order chi connectivity index (χ0) is 19.6. The fourth-order valence-electron chi connectivity index (χ4n) is 2.73. The molecule has 2 heterocycles. The van der Waals surface area contributed by atoms with Gasteiger partial charge in [0.25, 0.3) is 10.1 Å². The van der Waals surface area contributed by atoms with E-state index in [1.807, 2.05) is 0 Å². The molecule has 8 nitrogen and oxygen atoms in total. The van der Waals surface area contributed by atoms with Crippen LogP contribution < -0.4 is 9.64 Å². The molecule has 1 amide bonds. The van der Waals surface area contributed by atoms with Gasteiger partial charge in [-0.15, -0.1) is 0 Å². The highest BCUT2D eigenvalue weighted by molar-refractivity contribution is 7.85. The third-order valence-electron chi connectivity index (χ3n) is 3.93. The third-order valence-corrected chi connectivity index (χ3v) is 4.49. The number of fused-ring (bicyclic) bond motifs is 1. The molecule has 0 saturated carbocycles. The molecule has 1 unspecified atom stereocenters. The van der Waals surface area contributed by atoms with Crippen LogP contribution in [-0.4, -0.2) is 50.1 Å². The molecule has 2 aromatic rings. The van der Waals surface area contributed by atoms with Crippen LogP contribution in [0.15, 0.2) is 36.5 Å². The number of nitrogens with zero attached hydrogens (tertiary/aromatic N) is 2. The summed E-state index contributed by atoms with van der Waals surface area (Å²) in [7, 11) is -3.72. The van der Waals surface area contributed by atoms with E-state index in [9.17, 15) is 22.7 Å². The number of ether oxygens (including phenoxy) is 1. The minimum Gasteiger partial charge on any atom is -0.474 e. The van der Waals surface area contributed by atoms with Crippen molar-refractivity contribution in [2.24, 2.45) is 0 Å². The topological polar surface area (TPSA) is 106 Å². The molecule has 0 spiro atoms. The van der Waals surface area contributed by atoms with Gasteiger partial charge >= 0.3 is 6.09 Å². The van der Waals surface area contributed by atoms with E-state index in [0.717, 1.165) is 16.7 Å². The van der Waals surface area contributed by atoms with Gasteiger partial charge in [0.15, 0.2) is 0 Å². The van der Waals surface area contributed by atoms with Crippen molar-refractivity contribution in [2.75, 3.05) is 24.4 Å². The van der Waals surface area contributed by atoms with Crippen molar-refractivity contribution in [3.05, 3.63) is 53.5 Å². The maximum absolute atomic E-state index is 13.0. The fraction of sp³-hybridized carbons (Fsp3) is 0.294. The Morgan fingerprint density at radius 1 is 1.37 bits per heavy atom. The van der Waals surface area contributed by atoms with Crippen LogP contribution in [0.4, 0.5) is 14.9 Å². The molecule has 1 aliphatic rings. The number of benzene rings is 1. The highest BCUT2D eigenvalue weighted by Gasteiger charge is 2.34. The molecule has 1 aromatic heterocycles. The Labute approximate surface area is 155 Å². The summed E-state index contributed by atoms with van der Waals surface area (Å²) in [5.41, 5.74) is 1.73. The fourth-order valence-corrected chi connectivity index (χ4v) is 3.14. The van der Waals surface area contributed by atoms with E-state index in [0.29, 0.717) is 12.0 Å². The van der Waals surface area contributed by atoms with Gasteiger partial charge in [-0.1, -0.05) is 12.1 Å². The van der Waals surface area contributed by atoms with Gasteiger partial charge in [0.1, 0.15) is 18.1 Å². The first-order chi connectivity index (χ1) is 12.7. The molecule has 1 atom stereocenters. The normalized spacial score (nSPS) is 16.5. The van der Waals surface area contributed by atoms with Crippen LogP contribution in [-0.2, 0) is 20.7 Å². The minimum absolute atomic E-state index is 0.0842. The van der Waals surface area contributed by atoms with Gasteiger partial charge < -0.3 is 9.84 Å². The van der Waals surface area contributed by atoms with Gasteiger partial charge in [-0.2, -0.15) is 8.42 Å². The number of anilines is 1. The lowest BCUT2D eigenvalue weighted by molar-refractivity contribution is 0.169. The molecular formula is C17H17FN2O6S.